The van der Waals surface area contributed by atoms with Gasteiger partial charge in [-0.1, -0.05) is 54.7 Å². The number of rotatable bonds is 5. The van der Waals surface area contributed by atoms with Gasteiger partial charge in [0.1, 0.15) is 5.82 Å². The molecule has 1 aromatic carbocycles. The SMILES string of the molecule is O=C(Nc1ccc(/C=C/C(=O)N2CC3C=C(C4=CCC/C=C/C=C4)CC3C2)cn1)c1ccccc1. The van der Waals surface area contributed by atoms with Gasteiger partial charge in [-0.25, -0.2) is 4.98 Å². The minimum atomic E-state index is -0.202. The summed E-state index contributed by atoms with van der Waals surface area (Å²) < 4.78 is 0. The fourth-order valence-electron chi connectivity index (χ4n) is 4.91. The summed E-state index contributed by atoms with van der Waals surface area (Å²) in [6.45, 7) is 1.57. The zero-order valence-electron chi connectivity index (χ0n) is 19.6. The first-order valence-corrected chi connectivity index (χ1v) is 12.2. The van der Waals surface area contributed by atoms with Crippen LogP contribution in [-0.2, 0) is 4.79 Å². The van der Waals surface area contributed by atoms with E-state index < -0.39 is 0 Å². The van der Waals surface area contributed by atoms with Crippen molar-refractivity contribution in [3.8, 4) is 0 Å². The van der Waals surface area contributed by atoms with E-state index >= 15 is 0 Å². The first-order chi connectivity index (χ1) is 17.2. The molecule has 2 heterocycles. The Bertz CT molecular complexity index is 1240. The number of anilines is 1. The number of allylic oxidation sites excluding steroid dienone is 7. The highest BCUT2D eigenvalue weighted by molar-refractivity contribution is 6.03. The first kappa shape index (κ1) is 22.8. The molecular weight excluding hydrogens is 434 g/mol. The van der Waals surface area contributed by atoms with E-state index in [9.17, 15) is 9.59 Å². The molecule has 176 valence electrons. The van der Waals surface area contributed by atoms with E-state index in [-0.39, 0.29) is 11.8 Å². The van der Waals surface area contributed by atoms with E-state index in [1.165, 1.54) is 11.1 Å². The van der Waals surface area contributed by atoms with Crippen molar-refractivity contribution in [2.24, 2.45) is 11.8 Å². The van der Waals surface area contributed by atoms with Crippen LogP contribution in [0.25, 0.3) is 6.08 Å². The molecule has 0 saturated carbocycles. The van der Waals surface area contributed by atoms with Crippen molar-refractivity contribution < 1.29 is 9.59 Å². The number of fused-ring (bicyclic) bond motifs is 1. The topological polar surface area (TPSA) is 62.3 Å². The van der Waals surface area contributed by atoms with Gasteiger partial charge in [0, 0.05) is 30.9 Å². The van der Waals surface area contributed by atoms with Gasteiger partial charge in [-0.05, 0) is 78.1 Å². The molecule has 0 radical (unpaired) electrons. The van der Waals surface area contributed by atoms with Crippen LogP contribution in [0.1, 0.15) is 35.2 Å². The van der Waals surface area contributed by atoms with E-state index in [4.69, 9.17) is 0 Å². The van der Waals surface area contributed by atoms with E-state index in [0.717, 1.165) is 37.9 Å². The van der Waals surface area contributed by atoms with E-state index in [0.29, 0.717) is 23.2 Å². The summed E-state index contributed by atoms with van der Waals surface area (Å²) in [6, 6.07) is 12.6. The summed E-state index contributed by atoms with van der Waals surface area (Å²) in [5.41, 5.74) is 4.17. The Labute approximate surface area is 206 Å². The lowest BCUT2D eigenvalue weighted by atomic mass is 9.97. The predicted octanol–water partition coefficient (Wildman–Crippen LogP) is 5.58. The molecule has 35 heavy (non-hydrogen) atoms. The van der Waals surface area contributed by atoms with Gasteiger partial charge in [-0.3, -0.25) is 9.59 Å². The molecule has 2 aliphatic carbocycles. The third-order valence-electron chi connectivity index (χ3n) is 6.77. The van der Waals surface area contributed by atoms with Crippen LogP contribution in [0.5, 0.6) is 0 Å². The van der Waals surface area contributed by atoms with Crippen molar-refractivity contribution in [3.05, 3.63) is 113 Å². The number of nitrogens with one attached hydrogen (secondary N) is 1. The number of hydrogen-bond acceptors (Lipinski definition) is 3. The number of likely N-dealkylation sites (tertiary alicyclic amines) is 1. The molecule has 1 N–H and O–H groups in total. The second-order valence-electron chi connectivity index (χ2n) is 9.22. The number of pyridine rings is 1. The zero-order valence-corrected chi connectivity index (χ0v) is 19.6. The maximum atomic E-state index is 12.8. The van der Waals surface area contributed by atoms with Crippen molar-refractivity contribution >= 4 is 23.7 Å². The summed E-state index contributed by atoms with van der Waals surface area (Å²) in [5.74, 6) is 1.25. The van der Waals surface area contributed by atoms with Gasteiger partial charge in [-0.15, -0.1) is 0 Å². The largest absolute Gasteiger partial charge is 0.338 e. The zero-order chi connectivity index (χ0) is 24.0. The summed E-state index contributed by atoms with van der Waals surface area (Å²) in [5, 5.41) is 2.79. The number of carbonyl (C=O) groups is 2. The molecule has 3 aliphatic rings. The minimum absolute atomic E-state index is 0.0333. The third kappa shape index (κ3) is 5.57. The van der Waals surface area contributed by atoms with Crippen LogP contribution in [-0.4, -0.2) is 34.8 Å². The lowest BCUT2D eigenvalue weighted by Gasteiger charge is -2.15. The lowest BCUT2D eigenvalue weighted by molar-refractivity contribution is -0.125. The summed E-state index contributed by atoms with van der Waals surface area (Å²) >= 11 is 0. The van der Waals surface area contributed by atoms with Crippen LogP contribution >= 0.6 is 0 Å². The highest BCUT2D eigenvalue weighted by Gasteiger charge is 2.37. The number of nitrogens with zero attached hydrogens (tertiary/aromatic N) is 2. The third-order valence-corrected chi connectivity index (χ3v) is 6.77. The van der Waals surface area contributed by atoms with Crippen LogP contribution in [0.2, 0.25) is 0 Å². The van der Waals surface area contributed by atoms with Crippen molar-refractivity contribution in [1.82, 2.24) is 9.88 Å². The Morgan fingerprint density at radius 3 is 2.71 bits per heavy atom. The predicted molar refractivity (Wildman–Crippen MR) is 140 cm³/mol. The summed E-state index contributed by atoms with van der Waals surface area (Å²) in [4.78, 5) is 31.3. The van der Waals surface area contributed by atoms with Gasteiger partial charge in [0.15, 0.2) is 0 Å². The summed E-state index contributed by atoms with van der Waals surface area (Å²) in [6.07, 6.45) is 21.6. The first-order valence-electron chi connectivity index (χ1n) is 12.2. The molecule has 0 bridgehead atoms. The molecule has 5 heteroatoms. The molecule has 5 rings (SSSR count). The van der Waals surface area contributed by atoms with Gasteiger partial charge in [0.2, 0.25) is 5.91 Å². The molecule has 2 aromatic rings. The maximum absolute atomic E-state index is 12.8. The monoisotopic (exact) mass is 463 g/mol. The van der Waals surface area contributed by atoms with Gasteiger partial charge in [0.05, 0.1) is 0 Å². The molecular formula is C30H29N3O2. The van der Waals surface area contributed by atoms with Gasteiger partial charge >= 0.3 is 0 Å². The Morgan fingerprint density at radius 1 is 1.03 bits per heavy atom. The number of hydrogen-bond donors (Lipinski definition) is 1. The molecule has 1 fully saturated rings. The fraction of sp³-hybridized carbons (Fsp3) is 0.233. The van der Waals surface area contributed by atoms with Crippen LogP contribution in [0.15, 0.2) is 102 Å². The van der Waals surface area contributed by atoms with E-state index in [1.807, 2.05) is 29.2 Å². The molecule has 0 spiro atoms. The van der Waals surface area contributed by atoms with Crippen LogP contribution < -0.4 is 5.32 Å². The standard InChI is InChI=1S/C30H29N3O2/c34-29(16-14-22-13-15-28(31-19-22)32-30(35)24-11-7-4-8-12-24)33-20-26-17-25(18-27(26)21-33)23-9-5-2-1-3-6-10-23/h1-2,4-5,7-17,19,26-27H,3,6,18,20-21H2,(H,31,32,35)/b2-1+,9-5?,16-14+,23-10?. The Kier molecular flexibility index (Phi) is 6.85. The molecule has 2 unspecified atom stereocenters. The Morgan fingerprint density at radius 2 is 1.91 bits per heavy atom. The molecule has 1 saturated heterocycles. The van der Waals surface area contributed by atoms with Crippen molar-refractivity contribution in [3.63, 3.8) is 0 Å². The quantitative estimate of drug-likeness (QED) is 0.589. The van der Waals surface area contributed by atoms with Crippen molar-refractivity contribution in [1.29, 1.82) is 0 Å². The van der Waals surface area contributed by atoms with Gasteiger partial charge < -0.3 is 10.2 Å². The van der Waals surface area contributed by atoms with E-state index in [1.54, 1.807) is 36.5 Å². The number of amides is 2. The molecule has 2 amide bonds. The van der Waals surface area contributed by atoms with Crippen molar-refractivity contribution in [2.75, 3.05) is 18.4 Å². The fourth-order valence-corrected chi connectivity index (χ4v) is 4.91. The second-order valence-corrected chi connectivity index (χ2v) is 9.22. The number of aromatic nitrogens is 1. The normalized spacial score (nSPS) is 22.2. The highest BCUT2D eigenvalue weighted by Crippen LogP contribution is 2.40. The van der Waals surface area contributed by atoms with Crippen molar-refractivity contribution in [2.45, 2.75) is 19.3 Å². The minimum Gasteiger partial charge on any atom is -0.338 e. The Balaban J connectivity index is 1.15. The lowest BCUT2D eigenvalue weighted by Crippen LogP contribution is -2.27. The highest BCUT2D eigenvalue weighted by atomic mass is 16.2. The van der Waals surface area contributed by atoms with E-state index in [2.05, 4.69) is 46.8 Å². The average Bonchev–Trinajstić information content (AvgIpc) is 3.43. The molecule has 1 aliphatic heterocycles. The van der Waals surface area contributed by atoms with Crippen LogP contribution in [0.3, 0.4) is 0 Å². The molecule has 1 aromatic heterocycles. The average molecular weight is 464 g/mol. The Hall–Kier alpha value is -3.99. The van der Waals surface area contributed by atoms with Crippen LogP contribution in [0.4, 0.5) is 5.82 Å². The molecule has 5 nitrogen and oxygen atoms in total. The number of carbonyl (C=O) groups excluding carboxylic acids is 2. The second kappa shape index (κ2) is 10.5. The van der Waals surface area contributed by atoms with Gasteiger partial charge in [0.25, 0.3) is 5.91 Å². The molecule has 2 atom stereocenters. The smallest absolute Gasteiger partial charge is 0.256 e. The number of benzene rings is 1. The van der Waals surface area contributed by atoms with Crippen LogP contribution in [0, 0.1) is 11.8 Å². The van der Waals surface area contributed by atoms with Gasteiger partial charge in [-0.2, -0.15) is 0 Å². The maximum Gasteiger partial charge on any atom is 0.256 e. The summed E-state index contributed by atoms with van der Waals surface area (Å²) in [7, 11) is 0.